The van der Waals surface area contributed by atoms with Crippen LogP contribution in [0.4, 0.5) is 13.2 Å². The summed E-state index contributed by atoms with van der Waals surface area (Å²) >= 11 is 0. The number of ether oxygens (including phenoxy) is 1. The third kappa shape index (κ3) is 3.77. The second-order valence-electron chi connectivity index (χ2n) is 5.86. The highest BCUT2D eigenvalue weighted by Crippen LogP contribution is 2.30. The summed E-state index contributed by atoms with van der Waals surface area (Å²) in [5, 5.41) is 4.04. The summed E-state index contributed by atoms with van der Waals surface area (Å²) in [6.45, 7) is 0. The van der Waals surface area contributed by atoms with Crippen LogP contribution in [0, 0.1) is 0 Å². The molecule has 0 spiro atoms. The molecule has 24 heavy (non-hydrogen) atoms. The number of rotatable bonds is 3. The van der Waals surface area contributed by atoms with Crippen LogP contribution in [0.25, 0.3) is 5.69 Å². The zero-order chi connectivity index (χ0) is 17.2. The lowest BCUT2D eigenvalue weighted by Crippen LogP contribution is -2.21. The zero-order valence-electron chi connectivity index (χ0n) is 12.9. The van der Waals surface area contributed by atoms with Gasteiger partial charge in [0.2, 0.25) is 0 Å². The first-order valence-corrected chi connectivity index (χ1v) is 7.88. The second kappa shape index (κ2) is 6.67. The summed E-state index contributed by atoms with van der Waals surface area (Å²) in [6, 6.07) is 6.23. The van der Waals surface area contributed by atoms with Gasteiger partial charge in [0, 0.05) is 6.20 Å². The minimum Gasteiger partial charge on any atom is -0.458 e. The summed E-state index contributed by atoms with van der Waals surface area (Å²) < 4.78 is 45.0. The van der Waals surface area contributed by atoms with Gasteiger partial charge in [0.15, 0.2) is 5.69 Å². The van der Waals surface area contributed by atoms with Crippen molar-refractivity contribution in [1.29, 1.82) is 0 Å². The molecule has 0 saturated heterocycles. The molecule has 1 aromatic heterocycles. The number of nitrogens with zero attached hydrogens (tertiary/aromatic N) is 2. The van der Waals surface area contributed by atoms with Crippen LogP contribution in [0.3, 0.4) is 0 Å². The van der Waals surface area contributed by atoms with Crippen LogP contribution in [0.5, 0.6) is 0 Å². The van der Waals surface area contributed by atoms with Crippen molar-refractivity contribution in [2.24, 2.45) is 0 Å². The lowest BCUT2D eigenvalue weighted by atomic mass is 9.98. The molecule has 0 atom stereocenters. The quantitative estimate of drug-likeness (QED) is 0.780. The van der Waals surface area contributed by atoms with Crippen LogP contribution < -0.4 is 0 Å². The molecule has 0 bridgehead atoms. The number of halogens is 3. The number of aromatic nitrogens is 2. The Kier molecular flexibility index (Phi) is 4.59. The van der Waals surface area contributed by atoms with Gasteiger partial charge in [0.25, 0.3) is 0 Å². The van der Waals surface area contributed by atoms with E-state index >= 15 is 0 Å². The summed E-state index contributed by atoms with van der Waals surface area (Å²) in [4.78, 5) is 12.1. The van der Waals surface area contributed by atoms with Gasteiger partial charge < -0.3 is 4.74 Å². The van der Waals surface area contributed by atoms with E-state index in [1.807, 2.05) is 0 Å². The van der Waals surface area contributed by atoms with Crippen molar-refractivity contribution in [3.63, 3.8) is 0 Å². The fourth-order valence-corrected chi connectivity index (χ4v) is 2.80. The lowest BCUT2D eigenvalue weighted by molar-refractivity contribution is -0.137. The van der Waals surface area contributed by atoms with E-state index in [1.165, 1.54) is 29.1 Å². The zero-order valence-corrected chi connectivity index (χ0v) is 12.9. The molecule has 1 heterocycles. The number of hydrogen-bond donors (Lipinski definition) is 0. The first-order valence-electron chi connectivity index (χ1n) is 7.88. The van der Waals surface area contributed by atoms with Gasteiger partial charge >= 0.3 is 12.1 Å². The Morgan fingerprint density at radius 1 is 1.17 bits per heavy atom. The van der Waals surface area contributed by atoms with E-state index in [0.717, 1.165) is 44.2 Å². The highest BCUT2D eigenvalue weighted by atomic mass is 19.4. The molecule has 1 saturated carbocycles. The van der Waals surface area contributed by atoms with Crippen LogP contribution >= 0.6 is 0 Å². The topological polar surface area (TPSA) is 44.1 Å². The largest absolute Gasteiger partial charge is 0.458 e. The summed E-state index contributed by atoms with van der Waals surface area (Å²) in [5.74, 6) is -0.535. The Morgan fingerprint density at radius 3 is 2.62 bits per heavy atom. The number of carbonyl (C=O) groups is 1. The van der Waals surface area contributed by atoms with Gasteiger partial charge in [-0.05, 0) is 49.9 Å². The number of hydrogen-bond acceptors (Lipinski definition) is 3. The first kappa shape index (κ1) is 16.5. The lowest BCUT2D eigenvalue weighted by Gasteiger charge is -2.21. The molecule has 1 aromatic carbocycles. The molecule has 4 nitrogen and oxygen atoms in total. The van der Waals surface area contributed by atoms with Gasteiger partial charge in [-0.1, -0.05) is 12.5 Å². The molecule has 1 fully saturated rings. The first-order chi connectivity index (χ1) is 11.4. The molecule has 0 N–H and O–H groups in total. The molecular formula is C17H17F3N2O2. The van der Waals surface area contributed by atoms with E-state index in [-0.39, 0.29) is 17.5 Å². The smallest absolute Gasteiger partial charge is 0.416 e. The van der Waals surface area contributed by atoms with Gasteiger partial charge in [0.1, 0.15) is 6.10 Å². The van der Waals surface area contributed by atoms with Crippen molar-refractivity contribution >= 4 is 5.97 Å². The molecule has 7 heteroatoms. The van der Waals surface area contributed by atoms with Gasteiger partial charge in [-0.3, -0.25) is 0 Å². The molecule has 2 aromatic rings. The third-order valence-corrected chi connectivity index (χ3v) is 4.06. The van der Waals surface area contributed by atoms with Crippen molar-refractivity contribution in [2.45, 2.75) is 44.4 Å². The fraction of sp³-hybridized carbons (Fsp3) is 0.412. The molecule has 0 radical (unpaired) electrons. The summed E-state index contributed by atoms with van der Waals surface area (Å²) in [5.41, 5.74) is -0.429. The number of alkyl halides is 3. The minimum atomic E-state index is -4.42. The maximum Gasteiger partial charge on any atom is 0.416 e. The third-order valence-electron chi connectivity index (χ3n) is 4.06. The van der Waals surface area contributed by atoms with Crippen LogP contribution in [-0.2, 0) is 10.9 Å². The Morgan fingerprint density at radius 2 is 1.92 bits per heavy atom. The van der Waals surface area contributed by atoms with Crippen LogP contribution in [0.1, 0.15) is 48.2 Å². The van der Waals surface area contributed by atoms with Crippen molar-refractivity contribution in [1.82, 2.24) is 9.78 Å². The Labute approximate surface area is 137 Å². The Balaban J connectivity index is 1.74. The van der Waals surface area contributed by atoms with Crippen molar-refractivity contribution < 1.29 is 22.7 Å². The molecule has 3 rings (SSSR count). The van der Waals surface area contributed by atoms with E-state index in [2.05, 4.69) is 5.10 Å². The molecule has 0 aliphatic heterocycles. The van der Waals surface area contributed by atoms with Crippen molar-refractivity contribution in [2.75, 3.05) is 0 Å². The van der Waals surface area contributed by atoms with Crippen molar-refractivity contribution in [3.8, 4) is 5.69 Å². The second-order valence-corrected chi connectivity index (χ2v) is 5.86. The Bertz CT molecular complexity index is 719. The van der Waals surface area contributed by atoms with E-state index in [9.17, 15) is 18.0 Å². The maximum atomic E-state index is 12.8. The van der Waals surface area contributed by atoms with E-state index < -0.39 is 17.7 Å². The monoisotopic (exact) mass is 338 g/mol. The Hall–Kier alpha value is -2.31. The van der Waals surface area contributed by atoms with Crippen LogP contribution in [0.15, 0.2) is 36.5 Å². The average molecular weight is 338 g/mol. The number of esters is 1. The molecule has 1 aliphatic rings. The fourth-order valence-electron chi connectivity index (χ4n) is 2.80. The van der Waals surface area contributed by atoms with E-state index in [1.54, 1.807) is 0 Å². The highest BCUT2D eigenvalue weighted by Gasteiger charge is 2.30. The average Bonchev–Trinajstić information content (AvgIpc) is 3.05. The van der Waals surface area contributed by atoms with Gasteiger partial charge in [-0.25, -0.2) is 9.48 Å². The van der Waals surface area contributed by atoms with E-state index in [4.69, 9.17) is 4.74 Å². The molecular weight excluding hydrogens is 321 g/mol. The predicted molar refractivity (Wildman–Crippen MR) is 80.9 cm³/mol. The van der Waals surface area contributed by atoms with E-state index in [0.29, 0.717) is 0 Å². The number of carbonyl (C=O) groups excluding carboxylic acids is 1. The highest BCUT2D eigenvalue weighted by molar-refractivity contribution is 5.87. The van der Waals surface area contributed by atoms with Gasteiger partial charge in [-0.15, -0.1) is 0 Å². The van der Waals surface area contributed by atoms with Crippen LogP contribution in [-0.4, -0.2) is 21.9 Å². The molecule has 1 aliphatic carbocycles. The SMILES string of the molecule is O=C(OC1CCCCC1)c1ccn(-c2cccc(C(F)(F)F)c2)n1. The van der Waals surface area contributed by atoms with Crippen LogP contribution in [0.2, 0.25) is 0 Å². The molecule has 128 valence electrons. The molecule has 0 amide bonds. The minimum absolute atomic E-state index is 0.0926. The molecule has 0 unspecified atom stereocenters. The standard InChI is InChI=1S/C17H17F3N2O2/c18-17(19,20)12-5-4-6-13(11-12)22-10-9-15(21-22)16(23)24-14-7-2-1-3-8-14/h4-6,9-11,14H,1-3,7-8H2. The summed E-state index contributed by atoms with van der Waals surface area (Å²) in [7, 11) is 0. The maximum absolute atomic E-state index is 12.8. The number of benzene rings is 1. The predicted octanol–water partition coefficient (Wildman–Crippen LogP) is 4.38. The van der Waals surface area contributed by atoms with Gasteiger partial charge in [-0.2, -0.15) is 18.3 Å². The normalized spacial score (nSPS) is 16.1. The van der Waals surface area contributed by atoms with Crippen molar-refractivity contribution in [3.05, 3.63) is 47.8 Å². The summed E-state index contributed by atoms with van der Waals surface area (Å²) in [6.07, 6.45) is 1.86. The van der Waals surface area contributed by atoms with Gasteiger partial charge in [0.05, 0.1) is 11.3 Å².